The van der Waals surface area contributed by atoms with Gasteiger partial charge in [-0.2, -0.15) is 0 Å². The molecule has 0 aliphatic rings. The number of rotatable bonds is 8. The van der Waals surface area contributed by atoms with E-state index in [1.807, 2.05) is 65.0 Å². The summed E-state index contributed by atoms with van der Waals surface area (Å²) in [7, 11) is 0. The molecule has 0 bridgehead atoms. The predicted molar refractivity (Wildman–Crippen MR) is 146 cm³/mol. The van der Waals surface area contributed by atoms with Crippen LogP contribution in [-0.4, -0.2) is 45.9 Å². The monoisotopic (exact) mass is 523 g/mol. The second kappa shape index (κ2) is 11.8. The van der Waals surface area contributed by atoms with Crippen molar-refractivity contribution in [2.45, 2.75) is 52.7 Å². The van der Waals surface area contributed by atoms with Crippen molar-refractivity contribution < 1.29 is 24.5 Å². The zero-order valence-corrected chi connectivity index (χ0v) is 22.7. The fourth-order valence-electron chi connectivity index (χ4n) is 4.09. The minimum Gasteiger partial charge on any atom is -0.478 e. The number of carbonyl (C=O) groups excluding carboxylic acids is 1. The first-order valence-corrected chi connectivity index (χ1v) is 12.6. The van der Waals surface area contributed by atoms with Gasteiger partial charge in [-0.3, -0.25) is 0 Å². The Hall–Kier alpha value is -3.35. The molecule has 0 heterocycles. The first kappa shape index (κ1) is 28.2. The number of aliphatic hydroxyl groups is 1. The quantitative estimate of drug-likeness (QED) is 0.337. The Kier molecular flexibility index (Phi) is 9.00. The Balaban J connectivity index is 1.75. The van der Waals surface area contributed by atoms with E-state index in [9.17, 15) is 19.8 Å². The van der Waals surface area contributed by atoms with Crippen LogP contribution in [0, 0.1) is 13.8 Å². The van der Waals surface area contributed by atoms with Gasteiger partial charge in [-0.1, -0.05) is 54.1 Å². The van der Waals surface area contributed by atoms with Gasteiger partial charge in [0.1, 0.15) is 5.60 Å². The Labute approximate surface area is 223 Å². The van der Waals surface area contributed by atoms with Gasteiger partial charge >= 0.3 is 12.1 Å². The number of hydrogen-bond acceptors (Lipinski definition) is 4. The van der Waals surface area contributed by atoms with Crippen LogP contribution in [0.4, 0.5) is 4.79 Å². The standard InChI is InChI=1S/C30H34ClNO5/c1-19-20(2)26(28(34)35)14-13-25(19)22-11-9-21(10-12-22)15-16-32(29(36)37-30(3,4)5)18-27(33)23-7-6-8-24(31)17-23/h6-14,17,27,33H,15-16,18H2,1-5H3,(H,34,35)/t27-/m0/s1. The number of amides is 1. The van der Waals surface area contributed by atoms with Gasteiger partial charge in [0.25, 0.3) is 0 Å². The number of halogens is 1. The number of carboxylic acid groups (broad SMARTS) is 1. The molecule has 0 aliphatic heterocycles. The van der Waals surface area contributed by atoms with Crippen LogP contribution in [0.2, 0.25) is 5.02 Å². The molecule has 0 fully saturated rings. The summed E-state index contributed by atoms with van der Waals surface area (Å²) in [6.07, 6.45) is -0.832. The lowest BCUT2D eigenvalue weighted by Crippen LogP contribution is -2.40. The second-order valence-corrected chi connectivity index (χ2v) is 10.6. The van der Waals surface area contributed by atoms with Crippen LogP contribution in [0.1, 0.15) is 59.5 Å². The highest BCUT2D eigenvalue weighted by Crippen LogP contribution is 2.28. The molecule has 0 saturated carbocycles. The molecule has 0 aromatic heterocycles. The van der Waals surface area contributed by atoms with Crippen molar-refractivity contribution in [2.75, 3.05) is 13.1 Å². The summed E-state index contributed by atoms with van der Waals surface area (Å²) in [6, 6.07) is 18.4. The van der Waals surface area contributed by atoms with Gasteiger partial charge < -0.3 is 19.8 Å². The summed E-state index contributed by atoms with van der Waals surface area (Å²) < 4.78 is 5.58. The number of benzene rings is 3. The van der Waals surface area contributed by atoms with Gasteiger partial charge in [-0.25, -0.2) is 9.59 Å². The topological polar surface area (TPSA) is 87.1 Å². The van der Waals surface area contributed by atoms with E-state index in [4.69, 9.17) is 16.3 Å². The highest BCUT2D eigenvalue weighted by atomic mass is 35.5. The lowest BCUT2D eigenvalue weighted by Gasteiger charge is -2.29. The van der Waals surface area contributed by atoms with Crippen LogP contribution in [0.25, 0.3) is 11.1 Å². The smallest absolute Gasteiger partial charge is 0.410 e. The number of ether oxygens (including phenoxy) is 1. The molecule has 0 saturated heterocycles. The molecular weight excluding hydrogens is 490 g/mol. The molecule has 6 nitrogen and oxygen atoms in total. The maximum absolute atomic E-state index is 12.9. The number of aromatic carboxylic acids is 1. The highest BCUT2D eigenvalue weighted by Gasteiger charge is 2.24. The number of hydrogen-bond donors (Lipinski definition) is 2. The zero-order valence-electron chi connectivity index (χ0n) is 21.9. The van der Waals surface area contributed by atoms with Gasteiger partial charge in [0.05, 0.1) is 18.2 Å². The summed E-state index contributed by atoms with van der Waals surface area (Å²) in [4.78, 5) is 25.9. The number of nitrogens with zero attached hydrogens (tertiary/aromatic N) is 1. The average Bonchev–Trinajstić information content (AvgIpc) is 2.82. The lowest BCUT2D eigenvalue weighted by molar-refractivity contribution is 0.0147. The van der Waals surface area contributed by atoms with E-state index in [1.165, 1.54) is 4.90 Å². The molecule has 3 rings (SSSR count). The van der Waals surface area contributed by atoms with E-state index in [1.54, 1.807) is 30.3 Å². The lowest BCUT2D eigenvalue weighted by atomic mass is 9.93. The number of aliphatic hydroxyl groups excluding tert-OH is 1. The number of carboxylic acids is 1. The van der Waals surface area contributed by atoms with Crippen LogP contribution in [0.15, 0.2) is 60.7 Å². The molecule has 0 aliphatic carbocycles. The van der Waals surface area contributed by atoms with E-state index in [-0.39, 0.29) is 6.54 Å². The molecule has 7 heteroatoms. The maximum atomic E-state index is 12.9. The molecule has 1 amide bonds. The average molecular weight is 524 g/mol. The van der Waals surface area contributed by atoms with Crippen molar-refractivity contribution in [3.8, 4) is 11.1 Å². The first-order valence-electron chi connectivity index (χ1n) is 12.2. The molecule has 0 unspecified atom stereocenters. The maximum Gasteiger partial charge on any atom is 0.410 e. The largest absolute Gasteiger partial charge is 0.478 e. The third-order valence-electron chi connectivity index (χ3n) is 6.23. The molecule has 0 spiro atoms. The summed E-state index contributed by atoms with van der Waals surface area (Å²) in [5.74, 6) is -0.933. The van der Waals surface area contributed by atoms with Crippen LogP contribution >= 0.6 is 11.6 Å². The fourth-order valence-corrected chi connectivity index (χ4v) is 4.29. The van der Waals surface area contributed by atoms with E-state index in [2.05, 4.69) is 0 Å². The van der Waals surface area contributed by atoms with Crippen molar-refractivity contribution in [3.63, 3.8) is 0 Å². The van der Waals surface area contributed by atoms with E-state index in [0.717, 1.165) is 27.8 Å². The second-order valence-electron chi connectivity index (χ2n) is 10.2. The molecule has 3 aromatic carbocycles. The molecule has 3 aromatic rings. The molecule has 196 valence electrons. The summed E-state index contributed by atoms with van der Waals surface area (Å²) in [5.41, 5.74) is 4.94. The molecule has 37 heavy (non-hydrogen) atoms. The van der Waals surface area contributed by atoms with E-state index >= 15 is 0 Å². The van der Waals surface area contributed by atoms with Crippen LogP contribution in [-0.2, 0) is 11.2 Å². The van der Waals surface area contributed by atoms with Gasteiger partial charge in [0.15, 0.2) is 0 Å². The van der Waals surface area contributed by atoms with Crippen LogP contribution < -0.4 is 0 Å². The first-order chi connectivity index (χ1) is 17.4. The van der Waals surface area contributed by atoms with Crippen molar-refractivity contribution in [2.24, 2.45) is 0 Å². The Bertz CT molecular complexity index is 1260. The molecule has 1 atom stereocenters. The summed E-state index contributed by atoms with van der Waals surface area (Å²) in [5, 5.41) is 20.7. The minimum atomic E-state index is -0.933. The zero-order chi connectivity index (χ0) is 27.3. The van der Waals surface area contributed by atoms with Gasteiger partial charge in [-0.15, -0.1) is 0 Å². The SMILES string of the molecule is Cc1c(C(=O)O)ccc(-c2ccc(CCN(C[C@H](O)c3cccc(Cl)c3)C(=O)OC(C)(C)C)cc2)c1C. The predicted octanol–water partition coefficient (Wildman–Crippen LogP) is 6.84. The molecule has 2 N–H and O–H groups in total. The fraction of sp³-hybridized carbons (Fsp3) is 0.333. The van der Waals surface area contributed by atoms with Crippen LogP contribution in [0.3, 0.4) is 0 Å². The van der Waals surface area contributed by atoms with Crippen molar-refractivity contribution >= 4 is 23.7 Å². The number of carbonyl (C=O) groups is 2. The summed E-state index contributed by atoms with van der Waals surface area (Å²) in [6.45, 7) is 9.60. The van der Waals surface area contributed by atoms with Gasteiger partial charge in [0.2, 0.25) is 0 Å². The third-order valence-corrected chi connectivity index (χ3v) is 6.47. The molecular formula is C30H34ClNO5. The highest BCUT2D eigenvalue weighted by molar-refractivity contribution is 6.30. The van der Waals surface area contributed by atoms with E-state index < -0.39 is 23.8 Å². The van der Waals surface area contributed by atoms with Gasteiger partial charge in [0, 0.05) is 11.6 Å². The van der Waals surface area contributed by atoms with Crippen molar-refractivity contribution in [1.82, 2.24) is 4.90 Å². The van der Waals surface area contributed by atoms with Crippen molar-refractivity contribution in [3.05, 3.63) is 93.5 Å². The van der Waals surface area contributed by atoms with Crippen molar-refractivity contribution in [1.29, 1.82) is 0 Å². The Morgan fingerprint density at radius 2 is 1.68 bits per heavy atom. The van der Waals surface area contributed by atoms with Crippen LogP contribution in [0.5, 0.6) is 0 Å². The van der Waals surface area contributed by atoms with Gasteiger partial charge in [-0.05, 0) is 92.6 Å². The van der Waals surface area contributed by atoms with E-state index in [0.29, 0.717) is 29.1 Å². The Morgan fingerprint density at radius 1 is 1.00 bits per heavy atom. The third kappa shape index (κ3) is 7.57. The normalized spacial score (nSPS) is 12.2. The minimum absolute atomic E-state index is 0.0712. The molecule has 0 radical (unpaired) electrons. The Morgan fingerprint density at radius 3 is 2.27 bits per heavy atom. The summed E-state index contributed by atoms with van der Waals surface area (Å²) >= 11 is 6.07.